The molecule has 0 aromatic carbocycles. The summed E-state index contributed by atoms with van der Waals surface area (Å²) in [4.78, 5) is 8.22. The lowest BCUT2D eigenvalue weighted by Crippen LogP contribution is -2.23. The van der Waals surface area contributed by atoms with Crippen LogP contribution >= 0.6 is 0 Å². The van der Waals surface area contributed by atoms with Gasteiger partial charge in [-0.1, -0.05) is 0 Å². The number of aryl methyl sites for hydroxylation is 1. The van der Waals surface area contributed by atoms with Crippen molar-refractivity contribution in [2.45, 2.75) is 26.4 Å². The molecule has 4 nitrogen and oxygen atoms in total. The number of hydrogen-bond acceptors (Lipinski definition) is 3. The number of pyridine rings is 1. The van der Waals surface area contributed by atoms with Crippen LogP contribution in [0.4, 0.5) is 0 Å². The maximum absolute atomic E-state index is 4.20. The standard InChI is InChI=1S/C13H18N4/c1-11(13-3-5-14-6-4-13)15-7-9-17-10-8-16-12(17)2/h3-6,8,10-11,15H,7,9H2,1-2H3/t11-/m1/s1. The van der Waals surface area contributed by atoms with Crippen LogP contribution in [0.5, 0.6) is 0 Å². The third-order valence-corrected chi connectivity index (χ3v) is 2.93. The third-order valence-electron chi connectivity index (χ3n) is 2.93. The Balaban J connectivity index is 1.81. The van der Waals surface area contributed by atoms with Crippen molar-refractivity contribution < 1.29 is 0 Å². The predicted molar refractivity (Wildman–Crippen MR) is 67.6 cm³/mol. The molecular weight excluding hydrogens is 212 g/mol. The Morgan fingerprint density at radius 1 is 1.29 bits per heavy atom. The van der Waals surface area contributed by atoms with Gasteiger partial charge in [-0.15, -0.1) is 0 Å². The number of aromatic nitrogens is 3. The van der Waals surface area contributed by atoms with Crippen LogP contribution in [0.2, 0.25) is 0 Å². The topological polar surface area (TPSA) is 42.7 Å². The summed E-state index contributed by atoms with van der Waals surface area (Å²) >= 11 is 0. The SMILES string of the molecule is Cc1nccn1CCN[C@H](C)c1ccncc1. The molecule has 4 heteroatoms. The van der Waals surface area contributed by atoms with Crippen LogP contribution in [0.1, 0.15) is 24.4 Å². The van der Waals surface area contributed by atoms with E-state index in [1.54, 1.807) is 0 Å². The van der Waals surface area contributed by atoms with E-state index in [9.17, 15) is 0 Å². The van der Waals surface area contributed by atoms with Gasteiger partial charge in [0, 0.05) is 43.9 Å². The van der Waals surface area contributed by atoms with Crippen molar-refractivity contribution >= 4 is 0 Å². The van der Waals surface area contributed by atoms with Crippen LogP contribution in [0, 0.1) is 6.92 Å². The van der Waals surface area contributed by atoms with Crippen LogP contribution in [0.25, 0.3) is 0 Å². The van der Waals surface area contributed by atoms with Gasteiger partial charge in [0.05, 0.1) is 0 Å². The molecule has 0 bridgehead atoms. The molecule has 0 spiro atoms. The molecule has 2 aromatic heterocycles. The fraction of sp³-hybridized carbons (Fsp3) is 0.385. The smallest absolute Gasteiger partial charge is 0.105 e. The molecule has 0 amide bonds. The molecule has 0 aliphatic rings. The van der Waals surface area contributed by atoms with Crippen molar-refractivity contribution in [3.8, 4) is 0 Å². The molecule has 17 heavy (non-hydrogen) atoms. The van der Waals surface area contributed by atoms with Gasteiger partial charge in [-0.25, -0.2) is 4.98 Å². The maximum atomic E-state index is 4.20. The second kappa shape index (κ2) is 5.59. The van der Waals surface area contributed by atoms with Crippen molar-refractivity contribution in [3.05, 3.63) is 48.3 Å². The van der Waals surface area contributed by atoms with E-state index < -0.39 is 0 Å². The zero-order valence-electron chi connectivity index (χ0n) is 10.3. The van der Waals surface area contributed by atoms with E-state index in [0.717, 1.165) is 18.9 Å². The normalized spacial score (nSPS) is 12.6. The molecule has 1 atom stereocenters. The van der Waals surface area contributed by atoms with Gasteiger partial charge in [-0.2, -0.15) is 0 Å². The molecule has 2 aromatic rings. The quantitative estimate of drug-likeness (QED) is 0.853. The van der Waals surface area contributed by atoms with E-state index in [-0.39, 0.29) is 0 Å². The van der Waals surface area contributed by atoms with Crippen molar-refractivity contribution in [2.75, 3.05) is 6.54 Å². The Kier molecular flexibility index (Phi) is 3.88. The predicted octanol–water partition coefficient (Wildman–Crippen LogP) is 1.94. The van der Waals surface area contributed by atoms with E-state index in [2.05, 4.69) is 26.8 Å². The fourth-order valence-electron chi connectivity index (χ4n) is 1.81. The highest BCUT2D eigenvalue weighted by atomic mass is 15.1. The first kappa shape index (κ1) is 11.8. The highest BCUT2D eigenvalue weighted by Gasteiger charge is 2.03. The monoisotopic (exact) mass is 230 g/mol. The zero-order valence-corrected chi connectivity index (χ0v) is 10.3. The minimum atomic E-state index is 0.349. The number of hydrogen-bond donors (Lipinski definition) is 1. The lowest BCUT2D eigenvalue weighted by Gasteiger charge is -2.14. The third kappa shape index (κ3) is 3.14. The number of nitrogens with one attached hydrogen (secondary N) is 1. The molecule has 0 fully saturated rings. The van der Waals surface area contributed by atoms with Gasteiger partial charge >= 0.3 is 0 Å². The van der Waals surface area contributed by atoms with E-state index in [1.165, 1.54) is 5.56 Å². The van der Waals surface area contributed by atoms with E-state index in [4.69, 9.17) is 0 Å². The summed E-state index contributed by atoms with van der Waals surface area (Å²) in [5, 5.41) is 3.49. The van der Waals surface area contributed by atoms with Crippen molar-refractivity contribution in [1.29, 1.82) is 0 Å². The Hall–Kier alpha value is -1.68. The van der Waals surface area contributed by atoms with Crippen molar-refractivity contribution in [2.24, 2.45) is 0 Å². The number of imidazole rings is 1. The first-order valence-corrected chi connectivity index (χ1v) is 5.88. The number of rotatable bonds is 5. The first-order valence-electron chi connectivity index (χ1n) is 5.88. The fourth-order valence-corrected chi connectivity index (χ4v) is 1.81. The molecule has 2 rings (SSSR count). The minimum Gasteiger partial charge on any atom is -0.334 e. The van der Waals surface area contributed by atoms with Gasteiger partial charge in [-0.05, 0) is 31.5 Å². The van der Waals surface area contributed by atoms with Gasteiger partial charge in [0.1, 0.15) is 5.82 Å². The van der Waals surface area contributed by atoms with Crippen LogP contribution in [0.3, 0.4) is 0 Å². The van der Waals surface area contributed by atoms with Crippen LogP contribution in [-0.4, -0.2) is 21.1 Å². The largest absolute Gasteiger partial charge is 0.334 e. The summed E-state index contributed by atoms with van der Waals surface area (Å²) < 4.78 is 2.15. The molecule has 0 saturated heterocycles. The summed E-state index contributed by atoms with van der Waals surface area (Å²) in [6, 6.07) is 4.43. The molecular formula is C13H18N4. The minimum absolute atomic E-state index is 0.349. The summed E-state index contributed by atoms with van der Waals surface area (Å²) in [5.41, 5.74) is 1.27. The highest BCUT2D eigenvalue weighted by Crippen LogP contribution is 2.09. The van der Waals surface area contributed by atoms with Gasteiger partial charge in [-0.3, -0.25) is 4.98 Å². The van der Waals surface area contributed by atoms with Crippen LogP contribution in [0.15, 0.2) is 36.9 Å². The van der Waals surface area contributed by atoms with Crippen molar-refractivity contribution in [3.63, 3.8) is 0 Å². The summed E-state index contributed by atoms with van der Waals surface area (Å²) in [6.45, 7) is 6.06. The van der Waals surface area contributed by atoms with Gasteiger partial charge in [0.2, 0.25) is 0 Å². The van der Waals surface area contributed by atoms with Crippen LogP contribution in [-0.2, 0) is 6.54 Å². The van der Waals surface area contributed by atoms with Gasteiger partial charge in [0.15, 0.2) is 0 Å². The lowest BCUT2D eigenvalue weighted by atomic mass is 10.1. The summed E-state index contributed by atoms with van der Waals surface area (Å²) in [6.07, 6.45) is 7.50. The number of nitrogens with zero attached hydrogens (tertiary/aromatic N) is 3. The average Bonchev–Trinajstić information content (AvgIpc) is 2.76. The molecule has 0 aliphatic carbocycles. The molecule has 1 N–H and O–H groups in total. The van der Waals surface area contributed by atoms with Crippen molar-refractivity contribution in [1.82, 2.24) is 19.9 Å². The van der Waals surface area contributed by atoms with E-state index in [1.807, 2.05) is 43.8 Å². The first-order chi connectivity index (χ1) is 8.27. The molecule has 0 saturated carbocycles. The van der Waals surface area contributed by atoms with E-state index in [0.29, 0.717) is 6.04 Å². The Morgan fingerprint density at radius 3 is 2.71 bits per heavy atom. The highest BCUT2D eigenvalue weighted by molar-refractivity contribution is 5.13. The Morgan fingerprint density at radius 2 is 2.06 bits per heavy atom. The van der Waals surface area contributed by atoms with Gasteiger partial charge < -0.3 is 9.88 Å². The second-order valence-corrected chi connectivity index (χ2v) is 4.12. The molecule has 0 aliphatic heterocycles. The second-order valence-electron chi connectivity index (χ2n) is 4.12. The summed E-state index contributed by atoms with van der Waals surface area (Å²) in [5.74, 6) is 1.06. The lowest BCUT2D eigenvalue weighted by molar-refractivity contribution is 0.526. The zero-order chi connectivity index (χ0) is 12.1. The average molecular weight is 230 g/mol. The molecule has 0 unspecified atom stereocenters. The van der Waals surface area contributed by atoms with Gasteiger partial charge in [0.25, 0.3) is 0 Å². The Bertz CT molecular complexity index is 449. The Labute approximate surface area is 102 Å². The van der Waals surface area contributed by atoms with E-state index >= 15 is 0 Å². The molecule has 0 radical (unpaired) electrons. The molecule has 90 valence electrons. The summed E-state index contributed by atoms with van der Waals surface area (Å²) in [7, 11) is 0. The maximum Gasteiger partial charge on any atom is 0.105 e. The molecule has 2 heterocycles. The van der Waals surface area contributed by atoms with Crippen LogP contribution < -0.4 is 5.32 Å².